The number of anilines is 1. The zero-order valence-corrected chi connectivity index (χ0v) is 10.7. The van der Waals surface area contributed by atoms with Crippen molar-refractivity contribution in [2.24, 2.45) is 5.92 Å². The molecule has 1 aliphatic heterocycles. The Morgan fingerprint density at radius 3 is 2.74 bits per heavy atom. The molecule has 102 valence electrons. The Kier molecular flexibility index (Phi) is 3.93. The van der Waals surface area contributed by atoms with E-state index in [1.807, 2.05) is 0 Å². The maximum Gasteiger partial charge on any atom is 0.237 e. The van der Waals surface area contributed by atoms with E-state index in [1.54, 1.807) is 6.92 Å². The minimum atomic E-state index is -0.991. The van der Waals surface area contributed by atoms with Gasteiger partial charge in [0, 0.05) is 24.7 Å². The lowest BCUT2D eigenvalue weighted by Gasteiger charge is -2.31. The molecule has 0 unspecified atom stereocenters. The average molecular weight is 267 g/mol. The van der Waals surface area contributed by atoms with Gasteiger partial charge in [0.25, 0.3) is 0 Å². The lowest BCUT2D eigenvalue weighted by atomic mass is 9.91. The van der Waals surface area contributed by atoms with Gasteiger partial charge in [-0.1, -0.05) is 6.92 Å². The molecule has 1 atom stereocenters. The summed E-state index contributed by atoms with van der Waals surface area (Å²) in [7, 11) is 0. The molecule has 0 spiro atoms. The summed E-state index contributed by atoms with van der Waals surface area (Å²) in [6, 6.07) is 3.34. The molecule has 1 heterocycles. The van der Waals surface area contributed by atoms with Gasteiger partial charge in [0.2, 0.25) is 5.91 Å². The third-order valence-corrected chi connectivity index (χ3v) is 3.39. The van der Waals surface area contributed by atoms with Gasteiger partial charge < -0.3 is 4.90 Å². The molecule has 0 aromatic heterocycles. The molecule has 0 aliphatic carbocycles. The van der Waals surface area contributed by atoms with Crippen LogP contribution >= 0.6 is 0 Å². The number of piperidine rings is 1. The monoisotopic (exact) mass is 267 g/mol. The molecule has 0 N–H and O–H groups in total. The Bertz CT molecular complexity index is 516. The topological polar surface area (TPSA) is 37.4 Å². The molecule has 1 fully saturated rings. The first-order chi connectivity index (χ1) is 9.04. The molecule has 1 aromatic carbocycles. The molecule has 1 aromatic rings. The minimum absolute atomic E-state index is 0.0997. The fourth-order valence-electron chi connectivity index (χ4n) is 2.33. The van der Waals surface area contributed by atoms with E-state index < -0.39 is 17.6 Å². The average Bonchev–Trinajstić information content (AvgIpc) is 2.41. The molecule has 1 saturated heterocycles. The van der Waals surface area contributed by atoms with Gasteiger partial charge in [-0.05, 0) is 25.0 Å². The Balaban J connectivity index is 2.26. The molecule has 1 aliphatic rings. The van der Waals surface area contributed by atoms with Crippen molar-refractivity contribution in [1.29, 1.82) is 0 Å². The number of hydrogen-bond acceptors (Lipinski definition) is 2. The lowest BCUT2D eigenvalue weighted by molar-refractivity contribution is -0.133. The van der Waals surface area contributed by atoms with E-state index in [9.17, 15) is 18.4 Å². The molecule has 5 heteroatoms. The van der Waals surface area contributed by atoms with Gasteiger partial charge >= 0.3 is 0 Å². The molecule has 19 heavy (non-hydrogen) atoms. The predicted molar refractivity (Wildman–Crippen MR) is 66.7 cm³/mol. The summed E-state index contributed by atoms with van der Waals surface area (Å²) in [5, 5.41) is 0. The van der Waals surface area contributed by atoms with Crippen LogP contribution in [-0.4, -0.2) is 18.2 Å². The van der Waals surface area contributed by atoms with E-state index in [2.05, 4.69) is 0 Å². The van der Waals surface area contributed by atoms with Crippen molar-refractivity contribution in [3.05, 3.63) is 29.8 Å². The number of Topliss-reactive ketones (excluding diaryl/α,β-unsaturated/α-hetero) is 1. The van der Waals surface area contributed by atoms with Crippen molar-refractivity contribution in [1.82, 2.24) is 0 Å². The van der Waals surface area contributed by atoms with Gasteiger partial charge in [-0.2, -0.15) is 0 Å². The second kappa shape index (κ2) is 5.47. The van der Waals surface area contributed by atoms with Crippen molar-refractivity contribution < 1.29 is 18.4 Å². The normalized spacial score (nSPS) is 19.6. The number of nitrogens with zero attached hydrogens (tertiary/aromatic N) is 1. The summed E-state index contributed by atoms with van der Waals surface area (Å²) >= 11 is 0. The number of rotatable bonds is 3. The first kappa shape index (κ1) is 13.6. The Morgan fingerprint density at radius 1 is 1.37 bits per heavy atom. The Labute approximate surface area is 110 Å². The predicted octanol–water partition coefficient (Wildman–Crippen LogP) is 2.69. The number of carbonyl (C=O) groups is 2. The summed E-state index contributed by atoms with van der Waals surface area (Å²) in [5.41, 5.74) is 0.303. The molecule has 3 nitrogen and oxygen atoms in total. The lowest BCUT2D eigenvalue weighted by Crippen LogP contribution is -2.44. The highest BCUT2D eigenvalue weighted by Gasteiger charge is 2.33. The SMILES string of the molecule is CCC(=O)[C@@H]1CCCN(c2ccc(F)c(F)c2)C1=O. The standard InChI is InChI=1S/C14H15F2NO2/c1-2-13(18)10-4-3-7-17(14(10)19)9-5-6-11(15)12(16)8-9/h5-6,8,10H,2-4,7H2,1H3/t10-/m0/s1. The first-order valence-electron chi connectivity index (χ1n) is 6.33. The van der Waals surface area contributed by atoms with Crippen molar-refractivity contribution in [2.75, 3.05) is 11.4 Å². The zero-order chi connectivity index (χ0) is 14.0. The van der Waals surface area contributed by atoms with E-state index in [0.717, 1.165) is 12.1 Å². The summed E-state index contributed by atoms with van der Waals surface area (Å²) in [5.74, 6) is -3.00. The van der Waals surface area contributed by atoms with Crippen LogP contribution in [0.3, 0.4) is 0 Å². The molecular weight excluding hydrogens is 252 g/mol. The number of hydrogen-bond donors (Lipinski definition) is 0. The van der Waals surface area contributed by atoms with Crippen molar-refractivity contribution >= 4 is 17.4 Å². The molecule has 0 radical (unpaired) electrons. The molecule has 2 rings (SSSR count). The first-order valence-corrected chi connectivity index (χ1v) is 6.33. The fourth-order valence-corrected chi connectivity index (χ4v) is 2.33. The van der Waals surface area contributed by atoms with Gasteiger partial charge in [0.1, 0.15) is 5.78 Å². The molecule has 1 amide bonds. The van der Waals surface area contributed by atoms with Crippen molar-refractivity contribution in [3.63, 3.8) is 0 Å². The van der Waals surface area contributed by atoms with Crippen LogP contribution < -0.4 is 4.90 Å². The van der Waals surface area contributed by atoms with Crippen LogP contribution in [0.4, 0.5) is 14.5 Å². The number of benzene rings is 1. The van der Waals surface area contributed by atoms with Crippen molar-refractivity contribution in [2.45, 2.75) is 26.2 Å². The molecule has 0 bridgehead atoms. The number of amides is 1. The highest BCUT2D eigenvalue weighted by molar-refractivity contribution is 6.08. The van der Waals surface area contributed by atoms with Gasteiger partial charge in [-0.3, -0.25) is 9.59 Å². The highest BCUT2D eigenvalue weighted by Crippen LogP contribution is 2.26. The largest absolute Gasteiger partial charge is 0.312 e. The summed E-state index contributed by atoms with van der Waals surface area (Å²) in [6.45, 7) is 2.14. The Morgan fingerprint density at radius 2 is 2.11 bits per heavy atom. The maximum atomic E-state index is 13.2. The smallest absolute Gasteiger partial charge is 0.237 e. The van der Waals surface area contributed by atoms with Crippen LogP contribution in [0.1, 0.15) is 26.2 Å². The fraction of sp³-hybridized carbons (Fsp3) is 0.429. The van der Waals surface area contributed by atoms with Crippen LogP contribution in [0, 0.1) is 17.6 Å². The Hall–Kier alpha value is -1.78. The van der Waals surface area contributed by atoms with Crippen LogP contribution in [0.25, 0.3) is 0 Å². The van der Waals surface area contributed by atoms with Crippen molar-refractivity contribution in [3.8, 4) is 0 Å². The number of carbonyl (C=O) groups excluding carboxylic acids is 2. The van der Waals surface area contributed by atoms with E-state index in [-0.39, 0.29) is 11.7 Å². The zero-order valence-electron chi connectivity index (χ0n) is 10.7. The number of ketones is 1. The van der Waals surface area contributed by atoms with E-state index >= 15 is 0 Å². The van der Waals surface area contributed by atoms with Crippen LogP contribution in [0.5, 0.6) is 0 Å². The van der Waals surface area contributed by atoms with E-state index in [4.69, 9.17) is 0 Å². The minimum Gasteiger partial charge on any atom is -0.312 e. The van der Waals surface area contributed by atoms with Gasteiger partial charge in [0.05, 0.1) is 5.92 Å². The summed E-state index contributed by atoms with van der Waals surface area (Å²) in [6.07, 6.45) is 1.52. The number of halogens is 2. The third kappa shape index (κ3) is 2.64. The summed E-state index contributed by atoms with van der Waals surface area (Å²) < 4.78 is 26.1. The highest BCUT2D eigenvalue weighted by atomic mass is 19.2. The second-order valence-electron chi connectivity index (χ2n) is 4.60. The maximum absolute atomic E-state index is 13.2. The van der Waals surface area contributed by atoms with Crippen LogP contribution in [-0.2, 0) is 9.59 Å². The van der Waals surface area contributed by atoms with E-state index in [0.29, 0.717) is 31.5 Å². The molecular formula is C14H15F2NO2. The van der Waals surface area contributed by atoms with Gasteiger partial charge in [-0.15, -0.1) is 0 Å². The van der Waals surface area contributed by atoms with Gasteiger partial charge in [-0.25, -0.2) is 8.78 Å². The molecule has 0 saturated carbocycles. The van der Waals surface area contributed by atoms with Crippen LogP contribution in [0.2, 0.25) is 0 Å². The summed E-state index contributed by atoms with van der Waals surface area (Å²) in [4.78, 5) is 25.3. The van der Waals surface area contributed by atoms with Crippen LogP contribution in [0.15, 0.2) is 18.2 Å². The quantitative estimate of drug-likeness (QED) is 0.790. The third-order valence-electron chi connectivity index (χ3n) is 3.39. The van der Waals surface area contributed by atoms with Gasteiger partial charge in [0.15, 0.2) is 11.6 Å². The second-order valence-corrected chi connectivity index (χ2v) is 4.60. The van der Waals surface area contributed by atoms with E-state index in [1.165, 1.54) is 11.0 Å².